The van der Waals surface area contributed by atoms with Gasteiger partial charge in [-0.25, -0.2) is 13.2 Å². The molecule has 0 aliphatic rings. The van der Waals surface area contributed by atoms with Crippen LogP contribution in [0.2, 0.25) is 0 Å². The molecule has 0 heterocycles. The lowest BCUT2D eigenvalue weighted by Gasteiger charge is -2.13. The van der Waals surface area contributed by atoms with Crippen molar-refractivity contribution in [1.82, 2.24) is 0 Å². The summed E-state index contributed by atoms with van der Waals surface area (Å²) >= 11 is 0. The standard InChI is InChI=1S/C20H23NO9S/c1-25-14-11-17(27-3)15(18(12-14)28-4)8-9-31(23,24)21-13-6-7-16(26-2)19(10-13)30-20(22)29-5/h6-12,21H,1-5H3. The smallest absolute Gasteiger partial charge is 0.496 e. The fourth-order valence-corrected chi connectivity index (χ4v) is 3.34. The number of sulfonamides is 1. The third-order valence-electron chi connectivity index (χ3n) is 3.95. The first kappa shape index (κ1) is 23.7. The summed E-state index contributed by atoms with van der Waals surface area (Å²) in [5.41, 5.74) is 0.540. The van der Waals surface area contributed by atoms with Crippen LogP contribution in [0.1, 0.15) is 5.56 Å². The van der Waals surface area contributed by atoms with Gasteiger partial charge in [0.1, 0.15) is 17.2 Å². The van der Waals surface area contributed by atoms with Crippen LogP contribution in [0.3, 0.4) is 0 Å². The average Bonchev–Trinajstić information content (AvgIpc) is 2.76. The number of anilines is 1. The summed E-state index contributed by atoms with van der Waals surface area (Å²) in [6.07, 6.45) is 0.353. The summed E-state index contributed by atoms with van der Waals surface area (Å²) in [5.74, 6) is 1.42. The van der Waals surface area contributed by atoms with Gasteiger partial charge >= 0.3 is 6.16 Å². The summed E-state index contributed by atoms with van der Waals surface area (Å²) in [6.45, 7) is 0. The SMILES string of the molecule is COC(=O)Oc1cc(NS(=O)(=O)C=Cc2c(OC)cc(OC)cc2OC)ccc1OC. The molecule has 31 heavy (non-hydrogen) atoms. The summed E-state index contributed by atoms with van der Waals surface area (Å²) in [7, 11) is 2.95. The van der Waals surface area contributed by atoms with Gasteiger partial charge in [0.15, 0.2) is 11.5 Å². The van der Waals surface area contributed by atoms with Crippen LogP contribution in [0.5, 0.6) is 28.7 Å². The number of nitrogens with one attached hydrogen (secondary N) is 1. The first-order valence-corrected chi connectivity index (χ1v) is 10.3. The molecule has 0 saturated heterocycles. The number of hydrogen-bond acceptors (Lipinski definition) is 9. The summed E-state index contributed by atoms with van der Waals surface area (Å²) in [5, 5.41) is 0.949. The van der Waals surface area contributed by atoms with E-state index in [0.717, 1.165) is 12.5 Å². The van der Waals surface area contributed by atoms with Crippen LogP contribution in [0.25, 0.3) is 6.08 Å². The van der Waals surface area contributed by atoms with Crippen molar-refractivity contribution in [3.05, 3.63) is 41.3 Å². The summed E-state index contributed by atoms with van der Waals surface area (Å²) in [6, 6.07) is 7.37. The molecule has 0 aliphatic carbocycles. The number of benzene rings is 2. The lowest BCUT2D eigenvalue weighted by molar-refractivity contribution is 0.120. The first-order valence-electron chi connectivity index (χ1n) is 8.71. The highest BCUT2D eigenvalue weighted by Crippen LogP contribution is 2.35. The Bertz CT molecular complexity index is 1040. The molecule has 2 rings (SSSR count). The largest absolute Gasteiger partial charge is 0.513 e. The van der Waals surface area contributed by atoms with Gasteiger partial charge in [-0.05, 0) is 18.2 Å². The molecule has 168 valence electrons. The van der Waals surface area contributed by atoms with E-state index in [1.54, 1.807) is 12.1 Å². The lowest BCUT2D eigenvalue weighted by atomic mass is 10.1. The zero-order chi connectivity index (χ0) is 23.0. The molecule has 2 aromatic carbocycles. The Kier molecular flexibility index (Phi) is 7.97. The fourth-order valence-electron chi connectivity index (χ4n) is 2.50. The molecule has 0 atom stereocenters. The van der Waals surface area contributed by atoms with Gasteiger partial charge < -0.3 is 28.4 Å². The molecule has 0 saturated carbocycles. The average molecular weight is 453 g/mol. The Hall–Kier alpha value is -3.60. The molecule has 0 bridgehead atoms. The molecule has 0 fully saturated rings. The van der Waals surface area contributed by atoms with Crippen molar-refractivity contribution in [1.29, 1.82) is 0 Å². The monoisotopic (exact) mass is 453 g/mol. The van der Waals surface area contributed by atoms with Crippen LogP contribution < -0.4 is 28.4 Å². The third-order valence-corrected chi connectivity index (χ3v) is 4.97. The normalized spacial score (nSPS) is 11.0. The van der Waals surface area contributed by atoms with Crippen molar-refractivity contribution in [2.24, 2.45) is 0 Å². The van der Waals surface area contributed by atoms with Gasteiger partial charge in [0.25, 0.3) is 10.0 Å². The predicted molar refractivity (Wildman–Crippen MR) is 114 cm³/mol. The zero-order valence-corrected chi connectivity index (χ0v) is 18.4. The molecule has 2 aromatic rings. The number of carbonyl (C=O) groups excluding carboxylic acids is 1. The summed E-state index contributed by atoms with van der Waals surface area (Å²) < 4.78 is 57.8. The zero-order valence-electron chi connectivity index (χ0n) is 17.6. The number of ether oxygens (including phenoxy) is 6. The minimum Gasteiger partial charge on any atom is -0.496 e. The van der Waals surface area contributed by atoms with Crippen molar-refractivity contribution in [3.63, 3.8) is 0 Å². The molecule has 0 aromatic heterocycles. The number of hydrogen-bond donors (Lipinski definition) is 1. The second-order valence-electron chi connectivity index (χ2n) is 5.82. The van der Waals surface area contributed by atoms with E-state index in [1.165, 1.54) is 52.7 Å². The molecule has 0 spiro atoms. The topological polar surface area (TPSA) is 119 Å². The van der Waals surface area contributed by atoms with E-state index < -0.39 is 16.2 Å². The van der Waals surface area contributed by atoms with Crippen molar-refractivity contribution in [2.45, 2.75) is 0 Å². The maximum absolute atomic E-state index is 12.6. The van der Waals surface area contributed by atoms with Crippen molar-refractivity contribution < 1.29 is 41.6 Å². The molecule has 1 N–H and O–H groups in total. The summed E-state index contributed by atoms with van der Waals surface area (Å²) in [4.78, 5) is 11.4. The van der Waals surface area contributed by atoms with Gasteiger partial charge in [0.05, 0.1) is 52.2 Å². The van der Waals surface area contributed by atoms with Crippen LogP contribution >= 0.6 is 0 Å². The highest BCUT2D eigenvalue weighted by Gasteiger charge is 2.15. The van der Waals surface area contributed by atoms with E-state index in [0.29, 0.717) is 22.8 Å². The van der Waals surface area contributed by atoms with Crippen LogP contribution in [0.4, 0.5) is 10.5 Å². The minimum atomic E-state index is -3.95. The number of rotatable bonds is 9. The van der Waals surface area contributed by atoms with E-state index in [1.807, 2.05) is 0 Å². The molecular formula is C20H23NO9S. The third kappa shape index (κ3) is 6.19. The second-order valence-corrected chi connectivity index (χ2v) is 7.38. The maximum Gasteiger partial charge on any atom is 0.513 e. The van der Waals surface area contributed by atoms with E-state index >= 15 is 0 Å². The van der Waals surface area contributed by atoms with Crippen LogP contribution in [-0.2, 0) is 14.8 Å². The van der Waals surface area contributed by atoms with E-state index in [-0.39, 0.29) is 17.2 Å². The molecule has 10 nitrogen and oxygen atoms in total. The highest BCUT2D eigenvalue weighted by molar-refractivity contribution is 7.95. The Morgan fingerprint density at radius 1 is 0.839 bits per heavy atom. The van der Waals surface area contributed by atoms with E-state index in [9.17, 15) is 13.2 Å². The van der Waals surface area contributed by atoms with Gasteiger partial charge in [-0.15, -0.1) is 0 Å². The molecular weight excluding hydrogens is 430 g/mol. The number of carbonyl (C=O) groups is 1. The molecule has 0 unspecified atom stereocenters. The Morgan fingerprint density at radius 3 is 1.97 bits per heavy atom. The van der Waals surface area contributed by atoms with Crippen molar-refractivity contribution >= 4 is 27.9 Å². The lowest BCUT2D eigenvalue weighted by Crippen LogP contribution is -2.11. The van der Waals surface area contributed by atoms with Crippen molar-refractivity contribution in [2.75, 3.05) is 40.3 Å². The van der Waals surface area contributed by atoms with Gasteiger partial charge in [0, 0.05) is 18.2 Å². The van der Waals surface area contributed by atoms with Gasteiger partial charge in [-0.3, -0.25) is 4.72 Å². The van der Waals surface area contributed by atoms with Crippen LogP contribution in [0.15, 0.2) is 35.7 Å². The Balaban J connectivity index is 2.33. The maximum atomic E-state index is 12.6. The van der Waals surface area contributed by atoms with E-state index in [4.69, 9.17) is 23.7 Å². The predicted octanol–water partition coefficient (Wildman–Crippen LogP) is 3.28. The quantitative estimate of drug-likeness (QED) is 0.451. The van der Waals surface area contributed by atoms with Gasteiger partial charge in [0.2, 0.25) is 0 Å². The molecule has 0 aliphatic heterocycles. The minimum absolute atomic E-state index is 0.0166. The Labute approximate surface area is 180 Å². The fraction of sp³-hybridized carbons (Fsp3) is 0.250. The number of methoxy groups -OCH3 is 5. The molecule has 11 heteroatoms. The Morgan fingerprint density at radius 2 is 1.45 bits per heavy atom. The first-order chi connectivity index (χ1) is 14.8. The molecule has 0 amide bonds. The molecule has 0 radical (unpaired) electrons. The van der Waals surface area contributed by atoms with Gasteiger partial charge in [-0.2, -0.15) is 0 Å². The van der Waals surface area contributed by atoms with Crippen molar-refractivity contribution in [3.8, 4) is 28.7 Å². The van der Waals surface area contributed by atoms with Crippen LogP contribution in [-0.4, -0.2) is 50.1 Å². The van der Waals surface area contributed by atoms with Crippen LogP contribution in [0, 0.1) is 0 Å². The second kappa shape index (κ2) is 10.4. The highest BCUT2D eigenvalue weighted by atomic mass is 32.2. The van der Waals surface area contributed by atoms with Gasteiger partial charge in [-0.1, -0.05) is 0 Å². The van der Waals surface area contributed by atoms with E-state index in [2.05, 4.69) is 9.46 Å².